The van der Waals surface area contributed by atoms with E-state index in [2.05, 4.69) is 10.3 Å². The van der Waals surface area contributed by atoms with Crippen LogP contribution < -0.4 is 14.9 Å². The van der Waals surface area contributed by atoms with Crippen molar-refractivity contribution in [2.45, 2.75) is 13.1 Å². The normalized spacial score (nSPS) is 10.6. The number of aromatic nitrogens is 1. The lowest BCUT2D eigenvalue weighted by molar-refractivity contribution is 0.415. The Morgan fingerprint density at radius 3 is 2.89 bits per heavy atom. The van der Waals surface area contributed by atoms with Gasteiger partial charge in [-0.15, -0.1) is 0 Å². The van der Waals surface area contributed by atoms with E-state index in [1.54, 1.807) is 7.11 Å². The largest absolute Gasteiger partial charge is 0.495 e. The molecule has 2 rings (SSSR count). The molecule has 1 aromatic carbocycles. The van der Waals surface area contributed by atoms with Gasteiger partial charge in [-0.1, -0.05) is 29.0 Å². The van der Waals surface area contributed by atoms with E-state index in [-0.39, 0.29) is 4.87 Å². The molecule has 18 heavy (non-hydrogen) atoms. The number of nitrogens with one attached hydrogen (secondary N) is 2. The van der Waals surface area contributed by atoms with Crippen LogP contribution in [-0.2, 0) is 13.1 Å². The third-order valence-corrected chi connectivity index (χ3v) is 3.45. The van der Waals surface area contributed by atoms with E-state index in [4.69, 9.17) is 16.3 Å². The van der Waals surface area contributed by atoms with E-state index in [1.165, 1.54) is 11.3 Å². The Morgan fingerprint density at radius 1 is 1.44 bits per heavy atom. The standard InChI is InChI=1S/C12H13ClN2O2S/c1-17-11-3-2-8(4-10(11)13)5-14-6-9-7-18-12(16)15-9/h2-4,7,14H,5-6H2,1H3,(H,15,16). The lowest BCUT2D eigenvalue weighted by Gasteiger charge is -2.07. The third kappa shape index (κ3) is 3.35. The van der Waals surface area contributed by atoms with Crippen molar-refractivity contribution in [3.05, 3.63) is 49.5 Å². The van der Waals surface area contributed by atoms with E-state index in [0.717, 1.165) is 11.3 Å². The first kappa shape index (κ1) is 13.1. The molecule has 0 atom stereocenters. The quantitative estimate of drug-likeness (QED) is 0.886. The van der Waals surface area contributed by atoms with Gasteiger partial charge in [-0.05, 0) is 17.7 Å². The summed E-state index contributed by atoms with van der Waals surface area (Å²) in [5, 5.41) is 5.65. The van der Waals surface area contributed by atoms with Crippen molar-refractivity contribution in [3.8, 4) is 5.75 Å². The van der Waals surface area contributed by atoms with Gasteiger partial charge in [0.15, 0.2) is 0 Å². The predicted molar refractivity (Wildman–Crippen MR) is 73.5 cm³/mol. The van der Waals surface area contributed by atoms with Gasteiger partial charge in [0.2, 0.25) is 0 Å². The average molecular weight is 285 g/mol. The summed E-state index contributed by atoms with van der Waals surface area (Å²) >= 11 is 7.20. The summed E-state index contributed by atoms with van der Waals surface area (Å²) in [4.78, 5) is 13.7. The molecule has 0 radical (unpaired) electrons. The van der Waals surface area contributed by atoms with Crippen molar-refractivity contribution in [3.63, 3.8) is 0 Å². The molecule has 2 aromatic rings. The number of rotatable bonds is 5. The molecule has 2 N–H and O–H groups in total. The molecule has 0 saturated carbocycles. The van der Waals surface area contributed by atoms with E-state index >= 15 is 0 Å². The van der Waals surface area contributed by atoms with Crippen LogP contribution in [0.3, 0.4) is 0 Å². The minimum atomic E-state index is -0.0284. The zero-order chi connectivity index (χ0) is 13.0. The number of hydrogen-bond acceptors (Lipinski definition) is 4. The molecule has 0 saturated heterocycles. The molecule has 0 unspecified atom stereocenters. The maximum Gasteiger partial charge on any atom is 0.304 e. The van der Waals surface area contributed by atoms with Crippen molar-refractivity contribution in [1.29, 1.82) is 0 Å². The summed E-state index contributed by atoms with van der Waals surface area (Å²) in [5.41, 5.74) is 1.96. The molecular weight excluding hydrogens is 272 g/mol. The number of aromatic amines is 1. The number of halogens is 1. The van der Waals surface area contributed by atoms with Gasteiger partial charge >= 0.3 is 4.87 Å². The first-order chi connectivity index (χ1) is 8.69. The van der Waals surface area contributed by atoms with Crippen LogP contribution in [0.4, 0.5) is 0 Å². The fourth-order valence-electron chi connectivity index (χ4n) is 1.56. The van der Waals surface area contributed by atoms with Crippen LogP contribution in [0.2, 0.25) is 5.02 Å². The molecule has 0 aliphatic rings. The van der Waals surface area contributed by atoms with E-state index < -0.39 is 0 Å². The molecule has 4 nitrogen and oxygen atoms in total. The Bertz CT molecular complexity index is 579. The van der Waals surface area contributed by atoms with Crippen molar-refractivity contribution < 1.29 is 4.74 Å². The zero-order valence-electron chi connectivity index (χ0n) is 9.83. The second-order valence-corrected chi connectivity index (χ2v) is 5.00. The highest BCUT2D eigenvalue weighted by Gasteiger charge is 2.02. The number of hydrogen-bond donors (Lipinski definition) is 2. The lowest BCUT2D eigenvalue weighted by atomic mass is 10.2. The first-order valence-electron chi connectivity index (χ1n) is 5.39. The van der Waals surface area contributed by atoms with Crippen LogP contribution in [0, 0.1) is 0 Å². The molecule has 0 aliphatic heterocycles. The molecule has 6 heteroatoms. The van der Waals surface area contributed by atoms with Gasteiger partial charge in [0.05, 0.1) is 12.1 Å². The molecule has 0 spiro atoms. The maximum atomic E-state index is 10.9. The van der Waals surface area contributed by atoms with Gasteiger partial charge in [0, 0.05) is 24.2 Å². The molecule has 1 aromatic heterocycles. The van der Waals surface area contributed by atoms with Crippen LogP contribution in [0.1, 0.15) is 11.3 Å². The second kappa shape index (κ2) is 6.04. The monoisotopic (exact) mass is 284 g/mol. The van der Waals surface area contributed by atoms with Crippen molar-refractivity contribution in [2.24, 2.45) is 0 Å². The van der Waals surface area contributed by atoms with E-state index in [1.807, 2.05) is 23.6 Å². The smallest absolute Gasteiger partial charge is 0.304 e. The minimum Gasteiger partial charge on any atom is -0.495 e. The van der Waals surface area contributed by atoms with Gasteiger partial charge in [0.1, 0.15) is 5.75 Å². The van der Waals surface area contributed by atoms with Gasteiger partial charge in [-0.2, -0.15) is 0 Å². The van der Waals surface area contributed by atoms with Crippen LogP contribution >= 0.6 is 22.9 Å². The van der Waals surface area contributed by atoms with Crippen molar-refractivity contribution in [1.82, 2.24) is 10.3 Å². The summed E-state index contributed by atoms with van der Waals surface area (Å²) in [6.07, 6.45) is 0. The molecule has 0 aliphatic carbocycles. The summed E-state index contributed by atoms with van der Waals surface area (Å²) in [7, 11) is 1.59. The lowest BCUT2D eigenvalue weighted by Crippen LogP contribution is -2.13. The summed E-state index contributed by atoms with van der Waals surface area (Å²) in [6.45, 7) is 1.31. The van der Waals surface area contributed by atoms with Crippen molar-refractivity contribution in [2.75, 3.05) is 7.11 Å². The van der Waals surface area contributed by atoms with Crippen LogP contribution in [0.5, 0.6) is 5.75 Å². The maximum absolute atomic E-state index is 10.9. The molecule has 0 bridgehead atoms. The first-order valence-corrected chi connectivity index (χ1v) is 6.64. The van der Waals surface area contributed by atoms with E-state index in [0.29, 0.717) is 23.9 Å². The van der Waals surface area contributed by atoms with Gasteiger partial charge in [0.25, 0.3) is 0 Å². The number of H-pyrrole nitrogens is 1. The Kier molecular flexibility index (Phi) is 4.41. The number of thiazole rings is 1. The highest BCUT2D eigenvalue weighted by atomic mass is 35.5. The van der Waals surface area contributed by atoms with Gasteiger partial charge < -0.3 is 15.0 Å². The van der Waals surface area contributed by atoms with Crippen LogP contribution in [0.25, 0.3) is 0 Å². The minimum absolute atomic E-state index is 0.0284. The summed E-state index contributed by atoms with van der Waals surface area (Å²) < 4.78 is 5.09. The zero-order valence-corrected chi connectivity index (χ0v) is 11.4. The SMILES string of the molecule is COc1ccc(CNCc2csc(=O)[nH]2)cc1Cl. The van der Waals surface area contributed by atoms with Crippen LogP contribution in [-0.4, -0.2) is 12.1 Å². The number of methoxy groups -OCH3 is 1. The molecule has 96 valence electrons. The van der Waals surface area contributed by atoms with Gasteiger partial charge in [-0.3, -0.25) is 4.79 Å². The molecular formula is C12H13ClN2O2S. The van der Waals surface area contributed by atoms with Gasteiger partial charge in [-0.25, -0.2) is 0 Å². The van der Waals surface area contributed by atoms with Crippen molar-refractivity contribution >= 4 is 22.9 Å². The predicted octanol–water partition coefficient (Wildman–Crippen LogP) is 2.39. The fourth-order valence-corrected chi connectivity index (χ4v) is 2.42. The number of ether oxygens (including phenoxy) is 1. The molecule has 1 heterocycles. The topological polar surface area (TPSA) is 54.1 Å². The number of benzene rings is 1. The molecule has 0 amide bonds. The highest BCUT2D eigenvalue weighted by molar-refractivity contribution is 7.07. The Balaban J connectivity index is 1.90. The third-order valence-electron chi connectivity index (χ3n) is 2.43. The Morgan fingerprint density at radius 2 is 2.28 bits per heavy atom. The fraction of sp³-hybridized carbons (Fsp3) is 0.250. The van der Waals surface area contributed by atoms with E-state index in [9.17, 15) is 4.79 Å². The highest BCUT2D eigenvalue weighted by Crippen LogP contribution is 2.24. The Labute approximate surface area is 114 Å². The molecule has 0 fully saturated rings. The summed E-state index contributed by atoms with van der Waals surface area (Å²) in [5.74, 6) is 0.669. The van der Waals surface area contributed by atoms with Crippen LogP contribution in [0.15, 0.2) is 28.4 Å². The Hall–Kier alpha value is -1.30. The summed E-state index contributed by atoms with van der Waals surface area (Å²) in [6, 6.07) is 5.66. The average Bonchev–Trinajstić information content (AvgIpc) is 2.75. The second-order valence-electron chi connectivity index (χ2n) is 3.75.